The molecule has 9 nitrogen and oxygen atoms in total. The number of carbonyl (C=O) groups excluding carboxylic acids is 1. The zero-order valence-corrected chi connectivity index (χ0v) is 19.0. The summed E-state index contributed by atoms with van der Waals surface area (Å²) in [5.41, 5.74) is 1.54. The monoisotopic (exact) mass is 483 g/mol. The quantitative estimate of drug-likeness (QED) is 0.208. The van der Waals surface area contributed by atoms with Crippen LogP contribution in [0.5, 0.6) is 0 Å². The number of amides is 1. The second-order valence-electron chi connectivity index (χ2n) is 7.09. The van der Waals surface area contributed by atoms with Crippen LogP contribution in [-0.4, -0.2) is 31.3 Å². The van der Waals surface area contributed by atoms with Gasteiger partial charge in [-0.25, -0.2) is 0 Å². The van der Waals surface area contributed by atoms with Gasteiger partial charge in [0.05, 0.1) is 23.5 Å². The molecule has 11 heteroatoms. The molecule has 2 heterocycles. The first kappa shape index (κ1) is 22.6. The summed E-state index contributed by atoms with van der Waals surface area (Å²) in [6, 6.07) is 15.5. The van der Waals surface area contributed by atoms with Gasteiger partial charge < -0.3 is 9.73 Å². The van der Waals surface area contributed by atoms with E-state index in [4.69, 9.17) is 16.0 Å². The van der Waals surface area contributed by atoms with Gasteiger partial charge >= 0.3 is 0 Å². The van der Waals surface area contributed by atoms with Gasteiger partial charge in [0.25, 0.3) is 5.69 Å². The lowest BCUT2D eigenvalue weighted by Crippen LogP contribution is -2.16. The van der Waals surface area contributed by atoms with Crippen LogP contribution < -0.4 is 5.32 Å². The van der Waals surface area contributed by atoms with Crippen LogP contribution >= 0.6 is 23.4 Å². The summed E-state index contributed by atoms with van der Waals surface area (Å²) in [6.45, 7) is 2.11. The van der Waals surface area contributed by atoms with Gasteiger partial charge in [0, 0.05) is 16.7 Å². The number of furan rings is 1. The van der Waals surface area contributed by atoms with Crippen molar-refractivity contribution in [1.29, 1.82) is 0 Å². The van der Waals surface area contributed by atoms with Gasteiger partial charge in [-0.2, -0.15) is 0 Å². The number of hydrogen-bond donors (Lipinski definition) is 1. The Hall–Kier alpha value is -3.63. The summed E-state index contributed by atoms with van der Waals surface area (Å²) in [5.74, 6) is 0.890. The summed E-state index contributed by atoms with van der Waals surface area (Å²) in [4.78, 5) is 23.3. The molecule has 1 N–H and O–H groups in total. The number of aromatic nitrogens is 3. The third kappa shape index (κ3) is 5.41. The minimum Gasteiger partial charge on any atom is -0.467 e. The van der Waals surface area contributed by atoms with Gasteiger partial charge in [-0.05, 0) is 55.0 Å². The van der Waals surface area contributed by atoms with Gasteiger partial charge in [0.2, 0.25) is 5.91 Å². The van der Waals surface area contributed by atoms with Crippen molar-refractivity contribution in [2.24, 2.45) is 0 Å². The fourth-order valence-electron chi connectivity index (χ4n) is 3.12. The molecule has 0 saturated carbocycles. The van der Waals surface area contributed by atoms with Gasteiger partial charge in [0.15, 0.2) is 11.0 Å². The third-order valence-corrected chi connectivity index (χ3v) is 5.89. The Morgan fingerprint density at radius 3 is 2.70 bits per heavy atom. The molecule has 4 rings (SSSR count). The number of nitrogens with zero attached hydrogens (tertiary/aromatic N) is 4. The fourth-order valence-corrected chi connectivity index (χ4v) is 3.99. The minimum atomic E-state index is -0.520. The van der Waals surface area contributed by atoms with E-state index in [2.05, 4.69) is 15.5 Å². The normalized spacial score (nSPS) is 10.8. The topological polar surface area (TPSA) is 116 Å². The highest BCUT2D eigenvalue weighted by Gasteiger charge is 2.19. The molecule has 0 fully saturated rings. The molecule has 0 aliphatic rings. The number of nitro groups is 1. The number of halogens is 1. The Kier molecular flexibility index (Phi) is 6.76. The van der Waals surface area contributed by atoms with Crippen LogP contribution in [0.2, 0.25) is 5.02 Å². The van der Waals surface area contributed by atoms with Crippen molar-refractivity contribution in [2.45, 2.75) is 18.6 Å². The number of carbonyl (C=O) groups is 1. The number of benzene rings is 2. The number of anilines is 1. The average molecular weight is 484 g/mol. The van der Waals surface area contributed by atoms with E-state index in [-0.39, 0.29) is 17.1 Å². The number of thioether (sulfide) groups is 1. The Morgan fingerprint density at radius 2 is 2.00 bits per heavy atom. The van der Waals surface area contributed by atoms with Crippen LogP contribution in [0, 0.1) is 17.0 Å². The van der Waals surface area contributed by atoms with E-state index >= 15 is 0 Å². The third-order valence-electron chi connectivity index (χ3n) is 4.67. The van der Waals surface area contributed by atoms with E-state index < -0.39 is 10.8 Å². The summed E-state index contributed by atoms with van der Waals surface area (Å²) in [5, 5.41) is 23.6. The molecule has 0 unspecified atom stereocenters. The Labute approximate surface area is 197 Å². The molecule has 0 atom stereocenters. The van der Waals surface area contributed by atoms with Crippen molar-refractivity contribution in [2.75, 3.05) is 11.1 Å². The largest absolute Gasteiger partial charge is 0.467 e. The molecule has 4 aromatic rings. The fraction of sp³-hybridized carbons (Fsp3) is 0.136. The van der Waals surface area contributed by atoms with E-state index in [1.54, 1.807) is 37.5 Å². The van der Waals surface area contributed by atoms with Gasteiger partial charge in [-0.3, -0.25) is 19.5 Å². The number of nitro benzene ring substituents is 1. The van der Waals surface area contributed by atoms with Crippen molar-refractivity contribution in [3.05, 3.63) is 87.3 Å². The van der Waals surface area contributed by atoms with Crippen LogP contribution in [0.4, 0.5) is 11.4 Å². The standard InChI is InChI=1S/C22H18ClN5O4S/c1-14-4-9-18(19(11-14)28(30)31)24-20(29)13-33-22-26-25-21(15-5-7-16(23)8-6-15)27(22)12-17-3-2-10-32-17/h2-11H,12-13H2,1H3,(H,24,29). The maximum absolute atomic E-state index is 12.5. The lowest BCUT2D eigenvalue weighted by atomic mass is 10.2. The first-order valence-electron chi connectivity index (χ1n) is 9.80. The highest BCUT2D eigenvalue weighted by molar-refractivity contribution is 7.99. The number of nitrogens with one attached hydrogen (secondary N) is 1. The Morgan fingerprint density at radius 1 is 1.21 bits per heavy atom. The van der Waals surface area contributed by atoms with E-state index in [1.807, 2.05) is 22.8 Å². The maximum Gasteiger partial charge on any atom is 0.293 e. The molecule has 168 valence electrons. The smallest absolute Gasteiger partial charge is 0.293 e. The van der Waals surface area contributed by atoms with E-state index in [0.29, 0.717) is 28.3 Å². The molecular formula is C22H18ClN5O4S. The van der Waals surface area contributed by atoms with Crippen LogP contribution in [0.1, 0.15) is 11.3 Å². The van der Waals surface area contributed by atoms with Crippen molar-refractivity contribution in [3.63, 3.8) is 0 Å². The van der Waals surface area contributed by atoms with Gasteiger partial charge in [0.1, 0.15) is 11.4 Å². The summed E-state index contributed by atoms with van der Waals surface area (Å²) < 4.78 is 7.31. The molecule has 33 heavy (non-hydrogen) atoms. The molecule has 0 aliphatic heterocycles. The molecule has 1 amide bonds. The van der Waals surface area contributed by atoms with Crippen molar-refractivity contribution >= 4 is 40.6 Å². The molecule has 0 radical (unpaired) electrons. The predicted molar refractivity (Wildman–Crippen MR) is 125 cm³/mol. The molecule has 0 spiro atoms. The zero-order chi connectivity index (χ0) is 23.4. The first-order valence-corrected chi connectivity index (χ1v) is 11.2. The molecule has 0 saturated heterocycles. The van der Waals surface area contributed by atoms with Gasteiger partial charge in [-0.1, -0.05) is 29.4 Å². The van der Waals surface area contributed by atoms with Crippen molar-refractivity contribution in [3.8, 4) is 11.4 Å². The average Bonchev–Trinajstić information content (AvgIpc) is 3.44. The predicted octanol–water partition coefficient (Wildman–Crippen LogP) is 5.19. The highest BCUT2D eigenvalue weighted by Crippen LogP contribution is 2.28. The molecule has 2 aromatic heterocycles. The molecular weight excluding hydrogens is 466 g/mol. The minimum absolute atomic E-state index is 0.0120. The van der Waals surface area contributed by atoms with Crippen LogP contribution in [0.25, 0.3) is 11.4 Å². The number of rotatable bonds is 8. The Bertz CT molecular complexity index is 1290. The first-order chi connectivity index (χ1) is 15.9. The molecule has 2 aromatic carbocycles. The van der Waals surface area contributed by atoms with Crippen molar-refractivity contribution in [1.82, 2.24) is 14.8 Å². The molecule has 0 bridgehead atoms. The zero-order valence-electron chi connectivity index (χ0n) is 17.4. The highest BCUT2D eigenvalue weighted by atomic mass is 35.5. The van der Waals surface area contributed by atoms with Gasteiger partial charge in [-0.15, -0.1) is 10.2 Å². The van der Waals surface area contributed by atoms with E-state index in [1.165, 1.54) is 23.9 Å². The second-order valence-corrected chi connectivity index (χ2v) is 8.47. The maximum atomic E-state index is 12.5. The number of aryl methyl sites for hydroxylation is 1. The number of hydrogen-bond acceptors (Lipinski definition) is 7. The summed E-state index contributed by atoms with van der Waals surface area (Å²) in [6.07, 6.45) is 1.58. The molecule has 0 aliphatic carbocycles. The van der Waals surface area contributed by atoms with Crippen LogP contribution in [-0.2, 0) is 11.3 Å². The SMILES string of the molecule is Cc1ccc(NC(=O)CSc2nnc(-c3ccc(Cl)cc3)n2Cc2ccco2)c([N+](=O)[O-])c1. The van der Waals surface area contributed by atoms with E-state index in [0.717, 1.165) is 11.1 Å². The summed E-state index contributed by atoms with van der Waals surface area (Å²) in [7, 11) is 0. The lowest BCUT2D eigenvalue weighted by Gasteiger charge is -2.09. The summed E-state index contributed by atoms with van der Waals surface area (Å²) >= 11 is 7.17. The van der Waals surface area contributed by atoms with Crippen LogP contribution in [0.15, 0.2) is 70.4 Å². The van der Waals surface area contributed by atoms with Crippen LogP contribution in [0.3, 0.4) is 0 Å². The van der Waals surface area contributed by atoms with E-state index in [9.17, 15) is 14.9 Å². The second kappa shape index (κ2) is 9.88. The lowest BCUT2D eigenvalue weighted by molar-refractivity contribution is -0.384. The van der Waals surface area contributed by atoms with Crippen molar-refractivity contribution < 1.29 is 14.1 Å². The Balaban J connectivity index is 1.54.